The van der Waals surface area contributed by atoms with Crippen LogP contribution in [0.1, 0.15) is 16.1 Å². The van der Waals surface area contributed by atoms with Crippen LogP contribution >= 0.6 is 11.6 Å². The Balaban J connectivity index is 2.29. The number of amides is 1. The normalized spacial score (nSPS) is 10.6. The summed E-state index contributed by atoms with van der Waals surface area (Å²) in [5.74, 6) is -2.34. The molecule has 3 nitrogen and oxygen atoms in total. The Morgan fingerprint density at radius 1 is 1.37 bits per heavy atom. The lowest BCUT2D eigenvalue weighted by molar-refractivity contribution is 0.101. The lowest BCUT2D eigenvalue weighted by Gasteiger charge is -2.08. The third kappa shape index (κ3) is 2.61. The van der Waals surface area contributed by atoms with Gasteiger partial charge in [-0.05, 0) is 30.7 Å². The molecule has 1 heterocycles. The van der Waals surface area contributed by atoms with Crippen LogP contribution in [0.25, 0.3) is 0 Å². The molecule has 0 spiro atoms. The van der Waals surface area contributed by atoms with Gasteiger partial charge < -0.3 is 9.88 Å². The fourth-order valence-electron chi connectivity index (χ4n) is 1.76. The van der Waals surface area contributed by atoms with Gasteiger partial charge in [-0.25, -0.2) is 8.78 Å². The molecule has 0 unspecified atom stereocenters. The fraction of sp³-hybridized carbons (Fsp3) is 0.154. The van der Waals surface area contributed by atoms with Gasteiger partial charge in [-0.3, -0.25) is 4.79 Å². The Hall–Kier alpha value is -1.88. The van der Waals surface area contributed by atoms with Crippen molar-refractivity contribution >= 4 is 23.2 Å². The number of carbonyl (C=O) groups is 1. The second-order valence-corrected chi connectivity index (χ2v) is 4.57. The summed E-state index contributed by atoms with van der Waals surface area (Å²) in [5.41, 5.74) is 1.12. The zero-order chi connectivity index (χ0) is 14.2. The van der Waals surface area contributed by atoms with E-state index in [4.69, 9.17) is 11.6 Å². The number of nitrogens with zero attached hydrogens (tertiary/aromatic N) is 1. The summed E-state index contributed by atoms with van der Waals surface area (Å²) in [7, 11) is 1.70. The Morgan fingerprint density at radius 3 is 2.63 bits per heavy atom. The van der Waals surface area contributed by atoms with Crippen LogP contribution in [0.5, 0.6) is 0 Å². The van der Waals surface area contributed by atoms with Gasteiger partial charge in [0.25, 0.3) is 5.91 Å². The van der Waals surface area contributed by atoms with Gasteiger partial charge in [0, 0.05) is 13.2 Å². The zero-order valence-electron chi connectivity index (χ0n) is 10.3. The van der Waals surface area contributed by atoms with E-state index in [9.17, 15) is 13.6 Å². The second-order valence-electron chi connectivity index (χ2n) is 4.19. The minimum atomic E-state index is -0.985. The molecule has 0 bridgehead atoms. The first-order valence-corrected chi connectivity index (χ1v) is 5.85. The van der Waals surface area contributed by atoms with E-state index in [1.165, 1.54) is 0 Å². The summed E-state index contributed by atoms with van der Waals surface area (Å²) in [6.45, 7) is 1.84. The first kappa shape index (κ1) is 13.5. The maximum atomic E-state index is 13.7. The van der Waals surface area contributed by atoms with Gasteiger partial charge in [-0.15, -0.1) is 0 Å². The Bertz CT molecular complexity index is 652. The van der Waals surface area contributed by atoms with Crippen LogP contribution in [-0.4, -0.2) is 10.5 Å². The fourth-order valence-corrected chi connectivity index (χ4v) is 1.93. The third-order valence-corrected chi connectivity index (χ3v) is 3.00. The van der Waals surface area contributed by atoms with Gasteiger partial charge in [0.15, 0.2) is 5.82 Å². The monoisotopic (exact) mass is 284 g/mol. The number of aryl methyl sites for hydroxylation is 2. The average molecular weight is 285 g/mol. The number of halogens is 3. The van der Waals surface area contributed by atoms with Crippen molar-refractivity contribution in [3.8, 4) is 0 Å². The van der Waals surface area contributed by atoms with Crippen LogP contribution in [-0.2, 0) is 7.05 Å². The quantitative estimate of drug-likeness (QED) is 0.841. The van der Waals surface area contributed by atoms with E-state index in [0.29, 0.717) is 5.69 Å². The number of hydrogen-bond acceptors (Lipinski definition) is 1. The largest absolute Gasteiger partial charge is 0.346 e. The average Bonchev–Trinajstić information content (AvgIpc) is 2.69. The molecular formula is C13H11ClF2N2O. The molecule has 0 aliphatic heterocycles. The Labute approximate surface area is 113 Å². The smallest absolute Gasteiger partial charge is 0.272 e. The van der Waals surface area contributed by atoms with Gasteiger partial charge in [0.05, 0.1) is 5.69 Å². The lowest BCUT2D eigenvalue weighted by Crippen LogP contribution is -2.16. The summed E-state index contributed by atoms with van der Waals surface area (Å²) >= 11 is 5.44. The molecular weight excluding hydrogens is 274 g/mol. The van der Waals surface area contributed by atoms with E-state index < -0.39 is 22.6 Å². The van der Waals surface area contributed by atoms with Crippen LogP contribution in [0.3, 0.4) is 0 Å². The van der Waals surface area contributed by atoms with E-state index in [0.717, 1.165) is 17.7 Å². The van der Waals surface area contributed by atoms with Crippen LogP contribution in [0.15, 0.2) is 24.4 Å². The lowest BCUT2D eigenvalue weighted by atomic mass is 10.2. The van der Waals surface area contributed by atoms with Crippen molar-refractivity contribution < 1.29 is 13.6 Å². The number of hydrogen-bond donors (Lipinski definition) is 1. The molecule has 0 saturated heterocycles. The van der Waals surface area contributed by atoms with Gasteiger partial charge in [-0.2, -0.15) is 0 Å². The summed E-state index contributed by atoms with van der Waals surface area (Å²) in [5, 5.41) is 1.72. The van der Waals surface area contributed by atoms with E-state index in [2.05, 4.69) is 5.32 Å². The first-order valence-electron chi connectivity index (χ1n) is 5.48. The highest BCUT2D eigenvalue weighted by Crippen LogP contribution is 2.25. The molecule has 2 aromatic rings. The van der Waals surface area contributed by atoms with Crippen molar-refractivity contribution in [3.05, 3.63) is 52.3 Å². The van der Waals surface area contributed by atoms with Gasteiger partial charge >= 0.3 is 0 Å². The van der Waals surface area contributed by atoms with Crippen LogP contribution in [0.4, 0.5) is 14.5 Å². The van der Waals surface area contributed by atoms with Crippen LogP contribution < -0.4 is 5.32 Å². The van der Waals surface area contributed by atoms with E-state index in [-0.39, 0.29) is 5.69 Å². The molecule has 2 rings (SSSR count). The summed E-state index contributed by atoms with van der Waals surface area (Å²) in [6, 6.07) is 3.79. The standard InChI is InChI=1S/C13H11ClF2N2O/c1-7-5-10(18(2)6-7)13(19)17-9-4-3-8(15)11(14)12(9)16/h3-6H,1-2H3,(H,17,19). The number of aromatic nitrogens is 1. The number of nitrogens with one attached hydrogen (secondary N) is 1. The first-order chi connectivity index (χ1) is 8.90. The summed E-state index contributed by atoms with van der Waals surface area (Å²) < 4.78 is 28.3. The number of anilines is 1. The molecule has 100 valence electrons. The molecule has 0 atom stereocenters. The van der Waals surface area contributed by atoms with Crippen molar-refractivity contribution in [3.63, 3.8) is 0 Å². The van der Waals surface area contributed by atoms with E-state index >= 15 is 0 Å². The van der Waals surface area contributed by atoms with Crippen LogP contribution in [0.2, 0.25) is 5.02 Å². The molecule has 1 aromatic heterocycles. The molecule has 1 N–H and O–H groups in total. The predicted molar refractivity (Wildman–Crippen MR) is 69.5 cm³/mol. The Morgan fingerprint density at radius 2 is 2.05 bits per heavy atom. The molecule has 0 fully saturated rings. The highest BCUT2D eigenvalue weighted by Gasteiger charge is 2.16. The molecule has 6 heteroatoms. The van der Waals surface area contributed by atoms with Gasteiger partial charge in [0.1, 0.15) is 16.5 Å². The van der Waals surface area contributed by atoms with Crippen molar-refractivity contribution in [2.75, 3.05) is 5.32 Å². The molecule has 1 aromatic carbocycles. The molecule has 0 saturated carbocycles. The topological polar surface area (TPSA) is 34.0 Å². The minimum Gasteiger partial charge on any atom is -0.346 e. The van der Waals surface area contributed by atoms with Crippen molar-refractivity contribution in [2.24, 2.45) is 7.05 Å². The maximum Gasteiger partial charge on any atom is 0.272 e. The molecule has 19 heavy (non-hydrogen) atoms. The van der Waals surface area contributed by atoms with Gasteiger partial charge in [0.2, 0.25) is 0 Å². The zero-order valence-corrected chi connectivity index (χ0v) is 11.1. The van der Waals surface area contributed by atoms with Crippen molar-refractivity contribution in [1.29, 1.82) is 0 Å². The highest BCUT2D eigenvalue weighted by atomic mass is 35.5. The number of carbonyl (C=O) groups excluding carboxylic acids is 1. The van der Waals surface area contributed by atoms with Crippen molar-refractivity contribution in [1.82, 2.24) is 4.57 Å². The third-order valence-electron chi connectivity index (χ3n) is 2.66. The van der Waals surface area contributed by atoms with Crippen LogP contribution in [0, 0.1) is 18.6 Å². The molecule has 0 aliphatic rings. The summed E-state index contributed by atoms with van der Waals surface area (Å²) in [6.07, 6.45) is 1.77. The van der Waals surface area contributed by atoms with E-state index in [1.54, 1.807) is 23.9 Å². The SMILES string of the molecule is Cc1cc(C(=O)Nc2ccc(F)c(Cl)c2F)n(C)c1. The number of benzene rings is 1. The van der Waals surface area contributed by atoms with E-state index in [1.807, 2.05) is 6.92 Å². The van der Waals surface area contributed by atoms with Crippen molar-refractivity contribution in [2.45, 2.75) is 6.92 Å². The Kier molecular flexibility index (Phi) is 3.57. The summed E-state index contributed by atoms with van der Waals surface area (Å²) in [4.78, 5) is 12.0. The maximum absolute atomic E-state index is 13.7. The second kappa shape index (κ2) is 5.01. The predicted octanol–water partition coefficient (Wildman–Crippen LogP) is 3.52. The molecule has 0 aliphatic carbocycles. The number of rotatable bonds is 2. The highest BCUT2D eigenvalue weighted by molar-refractivity contribution is 6.31. The molecule has 0 radical (unpaired) electrons. The minimum absolute atomic E-state index is 0.157. The van der Waals surface area contributed by atoms with Gasteiger partial charge in [-0.1, -0.05) is 11.6 Å². The molecule has 1 amide bonds.